The van der Waals surface area contributed by atoms with Crippen LogP contribution in [0.25, 0.3) is 0 Å². The molecule has 10 heavy (non-hydrogen) atoms. The van der Waals surface area contributed by atoms with E-state index in [9.17, 15) is 5.11 Å². The van der Waals surface area contributed by atoms with Gasteiger partial charge in [-0.25, -0.2) is 0 Å². The highest BCUT2D eigenvalue weighted by atomic mass is 16.3. The van der Waals surface area contributed by atoms with E-state index in [1.807, 2.05) is 0 Å². The van der Waals surface area contributed by atoms with E-state index in [-0.39, 0.29) is 6.10 Å². The molecule has 0 aliphatic heterocycles. The Morgan fingerprint density at radius 3 is 2.40 bits per heavy atom. The fraction of sp³-hybridized carbons (Fsp3) is 1.00. The zero-order valence-electron chi connectivity index (χ0n) is 6.21. The van der Waals surface area contributed by atoms with E-state index in [0.29, 0.717) is 6.04 Å². The Balaban J connectivity index is 1.60. The van der Waals surface area contributed by atoms with Crippen LogP contribution in [0.1, 0.15) is 25.7 Å². The van der Waals surface area contributed by atoms with Gasteiger partial charge in [-0.2, -0.15) is 0 Å². The quantitative estimate of drug-likeness (QED) is 0.600. The highest BCUT2D eigenvalue weighted by molar-refractivity contribution is 4.88. The minimum absolute atomic E-state index is 0.0428. The maximum absolute atomic E-state index is 9.18. The lowest BCUT2D eigenvalue weighted by molar-refractivity contribution is 0.0497. The first-order valence-electron chi connectivity index (χ1n) is 4.28. The maximum atomic E-state index is 9.18. The molecule has 2 fully saturated rings. The summed E-state index contributed by atoms with van der Waals surface area (Å²) in [5.74, 6) is 0.938. The molecule has 0 aromatic rings. The van der Waals surface area contributed by atoms with Crippen molar-refractivity contribution in [2.45, 2.75) is 37.8 Å². The summed E-state index contributed by atoms with van der Waals surface area (Å²) in [5.41, 5.74) is 0. The van der Waals surface area contributed by atoms with Crippen molar-refractivity contribution < 1.29 is 5.11 Å². The second kappa shape index (κ2) is 2.51. The van der Waals surface area contributed by atoms with Crippen molar-refractivity contribution in [2.24, 2.45) is 5.92 Å². The molecule has 2 saturated carbocycles. The van der Waals surface area contributed by atoms with E-state index in [1.165, 1.54) is 19.3 Å². The highest BCUT2D eigenvalue weighted by Gasteiger charge is 2.30. The molecule has 0 bridgehead atoms. The predicted molar refractivity (Wildman–Crippen MR) is 39.8 cm³/mol. The van der Waals surface area contributed by atoms with Gasteiger partial charge in [0, 0.05) is 6.04 Å². The molecule has 2 atom stereocenters. The molecular formula is C8H15NO. The van der Waals surface area contributed by atoms with Crippen molar-refractivity contribution in [3.05, 3.63) is 0 Å². The molecule has 0 amide bonds. The number of aliphatic hydroxyl groups is 1. The number of aliphatic hydroxyl groups excluding tert-OH is 1. The van der Waals surface area contributed by atoms with Gasteiger partial charge in [0.25, 0.3) is 0 Å². The summed E-state index contributed by atoms with van der Waals surface area (Å²) in [6.07, 6.45) is 4.93. The van der Waals surface area contributed by atoms with Gasteiger partial charge < -0.3 is 10.4 Å². The van der Waals surface area contributed by atoms with Crippen LogP contribution in [0.4, 0.5) is 0 Å². The summed E-state index contributed by atoms with van der Waals surface area (Å²) in [6.45, 7) is 1.14. The third kappa shape index (κ3) is 1.32. The van der Waals surface area contributed by atoms with Gasteiger partial charge in [0.05, 0.1) is 6.10 Å². The fourth-order valence-corrected chi connectivity index (χ4v) is 1.36. The van der Waals surface area contributed by atoms with Crippen LogP contribution in [0.15, 0.2) is 0 Å². The largest absolute Gasteiger partial charge is 0.392 e. The molecule has 58 valence electrons. The summed E-state index contributed by atoms with van der Waals surface area (Å²) < 4.78 is 0. The van der Waals surface area contributed by atoms with Crippen molar-refractivity contribution in [1.29, 1.82) is 0 Å². The van der Waals surface area contributed by atoms with Crippen molar-refractivity contribution in [2.75, 3.05) is 6.54 Å². The Morgan fingerprint density at radius 2 is 2.00 bits per heavy atom. The van der Waals surface area contributed by atoms with Gasteiger partial charge in [-0.3, -0.25) is 0 Å². The number of nitrogens with one attached hydrogen (secondary N) is 1. The van der Waals surface area contributed by atoms with E-state index in [1.54, 1.807) is 0 Å². The van der Waals surface area contributed by atoms with Crippen LogP contribution in [0.5, 0.6) is 0 Å². The summed E-state index contributed by atoms with van der Waals surface area (Å²) in [5, 5.41) is 12.6. The summed E-state index contributed by atoms with van der Waals surface area (Å²) >= 11 is 0. The van der Waals surface area contributed by atoms with Gasteiger partial charge in [0.15, 0.2) is 0 Å². The Bertz CT molecular complexity index is 122. The molecular weight excluding hydrogens is 126 g/mol. The zero-order valence-corrected chi connectivity index (χ0v) is 6.21. The molecule has 0 aromatic carbocycles. The van der Waals surface area contributed by atoms with Gasteiger partial charge >= 0.3 is 0 Å². The Hall–Kier alpha value is -0.0800. The molecule has 2 aliphatic rings. The third-order valence-corrected chi connectivity index (χ3v) is 2.60. The van der Waals surface area contributed by atoms with Crippen LogP contribution in [0.2, 0.25) is 0 Å². The molecule has 2 rings (SSSR count). The maximum Gasteiger partial charge on any atom is 0.0693 e. The second-order valence-electron chi connectivity index (χ2n) is 3.60. The Kier molecular flexibility index (Phi) is 1.66. The Labute approximate surface area is 61.6 Å². The molecule has 2 heteroatoms. The molecule has 0 spiro atoms. The smallest absolute Gasteiger partial charge is 0.0693 e. The number of hydrogen-bond acceptors (Lipinski definition) is 2. The lowest BCUT2D eigenvalue weighted by Crippen LogP contribution is -2.48. The van der Waals surface area contributed by atoms with Crippen LogP contribution in [-0.4, -0.2) is 23.8 Å². The average molecular weight is 141 g/mol. The molecule has 0 radical (unpaired) electrons. The van der Waals surface area contributed by atoms with Crippen molar-refractivity contribution in [3.8, 4) is 0 Å². The van der Waals surface area contributed by atoms with Crippen LogP contribution >= 0.6 is 0 Å². The predicted octanol–water partition coefficient (Wildman–Crippen LogP) is 0.509. The van der Waals surface area contributed by atoms with Gasteiger partial charge in [-0.1, -0.05) is 0 Å². The zero-order chi connectivity index (χ0) is 6.97. The van der Waals surface area contributed by atoms with E-state index in [0.717, 1.165) is 18.9 Å². The van der Waals surface area contributed by atoms with E-state index in [2.05, 4.69) is 5.32 Å². The minimum atomic E-state index is -0.0428. The summed E-state index contributed by atoms with van der Waals surface area (Å²) in [4.78, 5) is 0. The van der Waals surface area contributed by atoms with Crippen LogP contribution in [0, 0.1) is 5.92 Å². The number of hydrogen-bond donors (Lipinski definition) is 2. The number of rotatable bonds is 3. The van der Waals surface area contributed by atoms with E-state index in [4.69, 9.17) is 0 Å². The molecule has 0 heterocycles. The molecule has 0 saturated heterocycles. The summed E-state index contributed by atoms with van der Waals surface area (Å²) in [6, 6.07) is 0.431. The van der Waals surface area contributed by atoms with E-state index >= 15 is 0 Å². The van der Waals surface area contributed by atoms with Crippen molar-refractivity contribution >= 4 is 0 Å². The SMILES string of the molecule is O[C@@H]1CC[C@H]1NCC1CC1. The lowest BCUT2D eigenvalue weighted by atomic mass is 9.89. The first-order chi connectivity index (χ1) is 4.86. The average Bonchev–Trinajstić information content (AvgIpc) is 2.69. The Morgan fingerprint density at radius 1 is 1.20 bits per heavy atom. The molecule has 2 aliphatic carbocycles. The first-order valence-corrected chi connectivity index (χ1v) is 4.28. The van der Waals surface area contributed by atoms with Crippen LogP contribution in [0.3, 0.4) is 0 Å². The first kappa shape index (κ1) is 6.62. The lowest BCUT2D eigenvalue weighted by Gasteiger charge is -2.33. The molecule has 0 aromatic heterocycles. The standard InChI is InChI=1S/C8H15NO/c10-8-4-3-7(8)9-5-6-1-2-6/h6-10H,1-5H2/t7-,8-/m1/s1. The van der Waals surface area contributed by atoms with Crippen molar-refractivity contribution in [3.63, 3.8) is 0 Å². The minimum Gasteiger partial charge on any atom is -0.392 e. The van der Waals surface area contributed by atoms with Gasteiger partial charge in [0.1, 0.15) is 0 Å². The second-order valence-corrected chi connectivity index (χ2v) is 3.60. The summed E-state index contributed by atoms with van der Waals surface area (Å²) in [7, 11) is 0. The fourth-order valence-electron chi connectivity index (χ4n) is 1.36. The van der Waals surface area contributed by atoms with Crippen molar-refractivity contribution in [1.82, 2.24) is 5.32 Å². The van der Waals surface area contributed by atoms with Gasteiger partial charge in [-0.05, 0) is 38.1 Å². The van der Waals surface area contributed by atoms with Crippen LogP contribution < -0.4 is 5.32 Å². The van der Waals surface area contributed by atoms with Crippen LogP contribution in [-0.2, 0) is 0 Å². The molecule has 2 nitrogen and oxygen atoms in total. The van der Waals surface area contributed by atoms with Gasteiger partial charge in [0.2, 0.25) is 0 Å². The monoisotopic (exact) mass is 141 g/mol. The normalized spacial score (nSPS) is 39.3. The molecule has 0 unspecified atom stereocenters. The highest BCUT2D eigenvalue weighted by Crippen LogP contribution is 2.29. The molecule has 2 N–H and O–H groups in total. The third-order valence-electron chi connectivity index (χ3n) is 2.60. The van der Waals surface area contributed by atoms with E-state index < -0.39 is 0 Å². The topological polar surface area (TPSA) is 32.3 Å². The van der Waals surface area contributed by atoms with Gasteiger partial charge in [-0.15, -0.1) is 0 Å².